The predicted molar refractivity (Wildman–Crippen MR) is 57.4 cm³/mol. The Hall–Kier alpha value is -0.560. The third-order valence-corrected chi connectivity index (χ3v) is 3.26. The van der Waals surface area contributed by atoms with Crippen LogP contribution in [0.2, 0.25) is 0 Å². The van der Waals surface area contributed by atoms with E-state index in [1.807, 2.05) is 0 Å². The number of hydrogen-bond acceptors (Lipinski definition) is 3. The first-order valence-electron chi connectivity index (χ1n) is 5.24. The lowest BCUT2D eigenvalue weighted by Gasteiger charge is -2.46. The highest BCUT2D eigenvalue weighted by Crippen LogP contribution is 2.39. The molecule has 3 heteroatoms. The summed E-state index contributed by atoms with van der Waals surface area (Å²) in [5.41, 5.74) is 2.84. The highest BCUT2D eigenvalue weighted by Gasteiger charge is 2.43. The van der Waals surface area contributed by atoms with E-state index in [2.05, 4.69) is 11.3 Å². The Balaban J connectivity index is 2.40. The molecule has 3 N–H and O–H groups in total. The van der Waals surface area contributed by atoms with Gasteiger partial charge in [-0.3, -0.25) is 11.3 Å². The molecular formula is C11H20N2O. The van der Waals surface area contributed by atoms with Crippen LogP contribution in [0.4, 0.5) is 0 Å². The lowest BCUT2D eigenvalue weighted by molar-refractivity contribution is -0.100. The standard InChI is InChI=1S/C11H20N2O/c1-3-4-5-7-10(13-12)11(14-2)8-6-9-11/h1,10,13H,4-9,12H2,2H3. The summed E-state index contributed by atoms with van der Waals surface area (Å²) in [5, 5.41) is 0. The van der Waals surface area contributed by atoms with Crippen molar-refractivity contribution in [2.24, 2.45) is 5.84 Å². The smallest absolute Gasteiger partial charge is 0.0844 e. The van der Waals surface area contributed by atoms with Gasteiger partial charge in [0.1, 0.15) is 0 Å². The number of ether oxygens (including phenoxy) is 1. The number of rotatable bonds is 6. The number of methoxy groups -OCH3 is 1. The van der Waals surface area contributed by atoms with Crippen LogP contribution < -0.4 is 11.3 Å². The molecule has 0 aliphatic heterocycles. The van der Waals surface area contributed by atoms with E-state index in [4.69, 9.17) is 17.0 Å². The van der Waals surface area contributed by atoms with Gasteiger partial charge in [-0.1, -0.05) is 0 Å². The van der Waals surface area contributed by atoms with Gasteiger partial charge in [-0.25, -0.2) is 0 Å². The second kappa shape index (κ2) is 5.35. The molecule has 0 heterocycles. The van der Waals surface area contributed by atoms with E-state index in [9.17, 15) is 0 Å². The van der Waals surface area contributed by atoms with Crippen LogP contribution in [-0.4, -0.2) is 18.8 Å². The Morgan fingerprint density at radius 3 is 2.71 bits per heavy atom. The Morgan fingerprint density at radius 2 is 2.36 bits per heavy atom. The summed E-state index contributed by atoms with van der Waals surface area (Å²) in [6.07, 6.45) is 11.5. The van der Waals surface area contributed by atoms with Crippen LogP contribution in [0.1, 0.15) is 38.5 Å². The molecule has 1 aliphatic carbocycles. The van der Waals surface area contributed by atoms with Gasteiger partial charge in [0.2, 0.25) is 0 Å². The molecule has 1 rings (SSSR count). The Kier molecular flexibility index (Phi) is 4.40. The van der Waals surface area contributed by atoms with Gasteiger partial charge < -0.3 is 4.74 Å². The maximum atomic E-state index is 5.56. The summed E-state index contributed by atoms with van der Waals surface area (Å²) < 4.78 is 5.56. The molecule has 80 valence electrons. The fourth-order valence-electron chi connectivity index (χ4n) is 2.13. The third-order valence-electron chi connectivity index (χ3n) is 3.26. The van der Waals surface area contributed by atoms with Gasteiger partial charge in [0.25, 0.3) is 0 Å². The van der Waals surface area contributed by atoms with Gasteiger partial charge in [-0.15, -0.1) is 12.3 Å². The van der Waals surface area contributed by atoms with Crippen molar-refractivity contribution in [3.8, 4) is 12.3 Å². The molecule has 0 saturated heterocycles. The van der Waals surface area contributed by atoms with Crippen LogP contribution in [0, 0.1) is 12.3 Å². The van der Waals surface area contributed by atoms with Crippen molar-refractivity contribution in [3.05, 3.63) is 0 Å². The molecule has 1 fully saturated rings. The largest absolute Gasteiger partial charge is 0.377 e. The molecule has 1 unspecified atom stereocenters. The fraction of sp³-hybridized carbons (Fsp3) is 0.818. The number of nitrogens with one attached hydrogen (secondary N) is 1. The molecule has 0 radical (unpaired) electrons. The third kappa shape index (κ3) is 2.27. The number of terminal acetylenes is 1. The first-order chi connectivity index (χ1) is 6.79. The first-order valence-corrected chi connectivity index (χ1v) is 5.24. The topological polar surface area (TPSA) is 47.3 Å². The molecule has 0 aromatic carbocycles. The second-order valence-electron chi connectivity index (χ2n) is 3.94. The van der Waals surface area contributed by atoms with Crippen LogP contribution in [0.5, 0.6) is 0 Å². The average Bonchev–Trinajstić information content (AvgIpc) is 2.14. The molecular weight excluding hydrogens is 176 g/mol. The fourth-order valence-corrected chi connectivity index (χ4v) is 2.13. The summed E-state index contributed by atoms with van der Waals surface area (Å²) in [5.74, 6) is 8.19. The number of hydrazine groups is 1. The molecule has 0 spiro atoms. The zero-order valence-corrected chi connectivity index (χ0v) is 8.88. The van der Waals surface area contributed by atoms with Crippen molar-refractivity contribution < 1.29 is 4.74 Å². The van der Waals surface area contributed by atoms with Crippen molar-refractivity contribution in [2.45, 2.75) is 50.2 Å². The minimum Gasteiger partial charge on any atom is -0.377 e. The zero-order chi connectivity index (χ0) is 10.4. The lowest BCUT2D eigenvalue weighted by atomic mass is 9.73. The normalized spacial score (nSPS) is 20.9. The minimum atomic E-state index is -0.0245. The molecule has 3 nitrogen and oxygen atoms in total. The van der Waals surface area contributed by atoms with E-state index in [0.29, 0.717) is 0 Å². The van der Waals surface area contributed by atoms with Crippen LogP contribution in [0.25, 0.3) is 0 Å². The lowest BCUT2D eigenvalue weighted by Crippen LogP contribution is -2.58. The number of nitrogens with two attached hydrogens (primary N) is 1. The zero-order valence-electron chi connectivity index (χ0n) is 8.88. The minimum absolute atomic E-state index is 0.0245. The highest BCUT2D eigenvalue weighted by molar-refractivity contribution is 4.99. The van der Waals surface area contributed by atoms with Crippen molar-refractivity contribution in [1.29, 1.82) is 0 Å². The van der Waals surface area contributed by atoms with Gasteiger partial charge >= 0.3 is 0 Å². The summed E-state index contributed by atoms with van der Waals surface area (Å²) in [6, 6.07) is 0.245. The molecule has 1 aliphatic rings. The van der Waals surface area contributed by atoms with Crippen molar-refractivity contribution in [1.82, 2.24) is 5.43 Å². The van der Waals surface area contributed by atoms with Crippen LogP contribution in [0.15, 0.2) is 0 Å². The number of hydrogen-bond donors (Lipinski definition) is 2. The van der Waals surface area contributed by atoms with Gasteiger partial charge in [0, 0.05) is 13.5 Å². The van der Waals surface area contributed by atoms with Gasteiger partial charge in [-0.2, -0.15) is 0 Å². The molecule has 0 amide bonds. The molecule has 0 aromatic heterocycles. The van der Waals surface area contributed by atoms with E-state index in [-0.39, 0.29) is 11.6 Å². The Labute approximate surface area is 86.4 Å². The van der Waals surface area contributed by atoms with Gasteiger partial charge in [0.15, 0.2) is 0 Å². The summed E-state index contributed by atoms with van der Waals surface area (Å²) in [4.78, 5) is 0. The molecule has 14 heavy (non-hydrogen) atoms. The Morgan fingerprint density at radius 1 is 1.64 bits per heavy atom. The maximum absolute atomic E-state index is 5.56. The monoisotopic (exact) mass is 196 g/mol. The summed E-state index contributed by atoms with van der Waals surface area (Å²) in [6.45, 7) is 0. The quantitative estimate of drug-likeness (QED) is 0.290. The van der Waals surface area contributed by atoms with Crippen molar-refractivity contribution in [3.63, 3.8) is 0 Å². The van der Waals surface area contributed by atoms with E-state index >= 15 is 0 Å². The highest BCUT2D eigenvalue weighted by atomic mass is 16.5. The molecule has 1 saturated carbocycles. The van der Waals surface area contributed by atoms with E-state index in [0.717, 1.165) is 32.1 Å². The molecule has 0 bridgehead atoms. The predicted octanol–water partition coefficient (Wildman–Crippen LogP) is 1.19. The Bertz CT molecular complexity index is 200. The average molecular weight is 196 g/mol. The van der Waals surface area contributed by atoms with E-state index in [1.165, 1.54) is 6.42 Å². The van der Waals surface area contributed by atoms with Crippen molar-refractivity contribution in [2.75, 3.05) is 7.11 Å². The molecule has 0 aromatic rings. The molecule has 1 atom stereocenters. The van der Waals surface area contributed by atoms with Crippen LogP contribution in [0.3, 0.4) is 0 Å². The number of unbranched alkanes of at least 4 members (excludes halogenated alkanes) is 1. The maximum Gasteiger partial charge on any atom is 0.0844 e. The van der Waals surface area contributed by atoms with Gasteiger partial charge in [0.05, 0.1) is 11.6 Å². The van der Waals surface area contributed by atoms with Gasteiger partial charge in [-0.05, 0) is 32.1 Å². The van der Waals surface area contributed by atoms with E-state index < -0.39 is 0 Å². The van der Waals surface area contributed by atoms with E-state index in [1.54, 1.807) is 7.11 Å². The summed E-state index contributed by atoms with van der Waals surface area (Å²) >= 11 is 0. The first kappa shape index (κ1) is 11.5. The summed E-state index contributed by atoms with van der Waals surface area (Å²) in [7, 11) is 1.77. The van der Waals surface area contributed by atoms with Crippen molar-refractivity contribution >= 4 is 0 Å². The second-order valence-corrected chi connectivity index (χ2v) is 3.94. The van der Waals surface area contributed by atoms with Crippen LogP contribution in [-0.2, 0) is 4.74 Å². The SMILES string of the molecule is C#CCCCC(NN)C1(OC)CCC1. The van der Waals surface area contributed by atoms with Crippen LogP contribution >= 0.6 is 0 Å².